The van der Waals surface area contributed by atoms with Gasteiger partial charge in [0.2, 0.25) is 0 Å². The first kappa shape index (κ1) is 9.88. The summed E-state index contributed by atoms with van der Waals surface area (Å²) in [5, 5.41) is 0. The van der Waals surface area contributed by atoms with Crippen molar-refractivity contribution in [3.63, 3.8) is 0 Å². The van der Waals surface area contributed by atoms with E-state index in [1.807, 2.05) is 0 Å². The van der Waals surface area contributed by atoms with E-state index < -0.39 is 5.97 Å². The zero-order valence-corrected chi connectivity index (χ0v) is 7.01. The summed E-state index contributed by atoms with van der Waals surface area (Å²) in [6, 6.07) is 0. The molecule has 0 aromatic carbocycles. The quantitative estimate of drug-likeness (QED) is 0.453. The van der Waals surface area contributed by atoms with Crippen LogP contribution in [0.1, 0.15) is 20.8 Å². The maximum Gasteiger partial charge on any atom is 0.333 e. The van der Waals surface area contributed by atoms with E-state index in [1.165, 1.54) is 13.0 Å². The monoisotopic (exact) mass is 156 g/mol. The molecule has 0 spiro atoms. The SMILES string of the molecule is CCOC(=O)C(C)=CC(C)=O. The maximum atomic E-state index is 10.8. The van der Waals surface area contributed by atoms with E-state index in [0.29, 0.717) is 12.2 Å². The van der Waals surface area contributed by atoms with Crippen molar-refractivity contribution in [1.82, 2.24) is 0 Å². The average molecular weight is 156 g/mol. The van der Waals surface area contributed by atoms with Crippen LogP contribution >= 0.6 is 0 Å². The molecule has 0 N–H and O–H groups in total. The molecule has 0 saturated carbocycles. The van der Waals surface area contributed by atoms with Crippen LogP contribution < -0.4 is 0 Å². The first-order chi connectivity index (χ1) is 5.07. The number of rotatable bonds is 3. The van der Waals surface area contributed by atoms with Crippen molar-refractivity contribution < 1.29 is 14.3 Å². The first-order valence-electron chi connectivity index (χ1n) is 3.44. The highest BCUT2D eigenvalue weighted by Crippen LogP contribution is 1.96. The highest BCUT2D eigenvalue weighted by Gasteiger charge is 2.03. The Kier molecular flexibility index (Phi) is 4.18. The number of carbonyl (C=O) groups is 2. The summed E-state index contributed by atoms with van der Waals surface area (Å²) in [6.07, 6.45) is 1.26. The third-order valence-electron chi connectivity index (χ3n) is 1.02. The molecule has 3 heteroatoms. The molecule has 0 aliphatic heterocycles. The van der Waals surface area contributed by atoms with E-state index in [2.05, 4.69) is 4.74 Å². The summed E-state index contributed by atoms with van der Waals surface area (Å²) in [5.41, 5.74) is 0.347. The Morgan fingerprint density at radius 3 is 2.27 bits per heavy atom. The topological polar surface area (TPSA) is 43.4 Å². The largest absolute Gasteiger partial charge is 0.463 e. The van der Waals surface area contributed by atoms with Crippen LogP contribution in [0.4, 0.5) is 0 Å². The molecule has 0 aliphatic carbocycles. The Balaban J connectivity index is 4.12. The summed E-state index contributed by atoms with van der Waals surface area (Å²) in [5.74, 6) is -0.571. The number of hydrogen-bond donors (Lipinski definition) is 0. The van der Waals surface area contributed by atoms with Crippen LogP contribution in [-0.4, -0.2) is 18.4 Å². The summed E-state index contributed by atoms with van der Waals surface area (Å²) in [6.45, 7) is 5.00. The second-order valence-electron chi connectivity index (χ2n) is 2.16. The molecule has 0 heterocycles. The molecule has 0 fully saturated rings. The lowest BCUT2D eigenvalue weighted by atomic mass is 10.2. The molecule has 0 saturated heterocycles. The summed E-state index contributed by atoms with van der Waals surface area (Å²) in [7, 11) is 0. The minimum Gasteiger partial charge on any atom is -0.463 e. The maximum absolute atomic E-state index is 10.8. The minimum absolute atomic E-state index is 0.143. The smallest absolute Gasteiger partial charge is 0.333 e. The van der Waals surface area contributed by atoms with Crippen LogP contribution in [0, 0.1) is 0 Å². The van der Waals surface area contributed by atoms with E-state index >= 15 is 0 Å². The van der Waals surface area contributed by atoms with Crippen molar-refractivity contribution in [2.75, 3.05) is 6.61 Å². The van der Waals surface area contributed by atoms with E-state index in [0.717, 1.165) is 0 Å². The number of carbonyl (C=O) groups excluding carboxylic acids is 2. The summed E-state index contributed by atoms with van der Waals surface area (Å²) < 4.78 is 4.65. The van der Waals surface area contributed by atoms with E-state index in [-0.39, 0.29) is 5.78 Å². The average Bonchev–Trinajstić information content (AvgIpc) is 1.86. The second kappa shape index (κ2) is 4.66. The van der Waals surface area contributed by atoms with Crippen molar-refractivity contribution in [2.45, 2.75) is 20.8 Å². The molecule has 0 radical (unpaired) electrons. The van der Waals surface area contributed by atoms with Gasteiger partial charge in [0.05, 0.1) is 6.61 Å². The molecule has 0 aromatic rings. The van der Waals surface area contributed by atoms with Gasteiger partial charge in [-0.15, -0.1) is 0 Å². The van der Waals surface area contributed by atoms with Gasteiger partial charge in [-0.05, 0) is 26.8 Å². The molecule has 3 nitrogen and oxygen atoms in total. The normalized spacial score (nSPS) is 11.0. The van der Waals surface area contributed by atoms with Gasteiger partial charge in [-0.2, -0.15) is 0 Å². The van der Waals surface area contributed by atoms with Crippen LogP contribution in [0.25, 0.3) is 0 Å². The van der Waals surface area contributed by atoms with Gasteiger partial charge in [0, 0.05) is 5.57 Å². The lowest BCUT2D eigenvalue weighted by molar-refractivity contribution is -0.138. The molecule has 0 bridgehead atoms. The van der Waals surface area contributed by atoms with Crippen molar-refractivity contribution in [2.24, 2.45) is 0 Å². The highest BCUT2D eigenvalue weighted by atomic mass is 16.5. The number of ether oxygens (including phenoxy) is 1. The molecular formula is C8H12O3. The van der Waals surface area contributed by atoms with Crippen LogP contribution in [0.3, 0.4) is 0 Å². The Morgan fingerprint density at radius 2 is 1.91 bits per heavy atom. The van der Waals surface area contributed by atoms with Crippen molar-refractivity contribution in [3.05, 3.63) is 11.6 Å². The van der Waals surface area contributed by atoms with Gasteiger partial charge < -0.3 is 4.74 Å². The zero-order chi connectivity index (χ0) is 8.85. The Bertz CT molecular complexity index is 192. The van der Waals surface area contributed by atoms with Crippen LogP contribution in [0.2, 0.25) is 0 Å². The Labute approximate surface area is 66.0 Å². The van der Waals surface area contributed by atoms with Crippen molar-refractivity contribution in [1.29, 1.82) is 0 Å². The third kappa shape index (κ3) is 4.31. The second-order valence-corrected chi connectivity index (χ2v) is 2.16. The third-order valence-corrected chi connectivity index (χ3v) is 1.02. The van der Waals surface area contributed by atoms with Gasteiger partial charge in [0.1, 0.15) is 0 Å². The van der Waals surface area contributed by atoms with E-state index in [4.69, 9.17) is 0 Å². The molecule has 11 heavy (non-hydrogen) atoms. The fraction of sp³-hybridized carbons (Fsp3) is 0.500. The van der Waals surface area contributed by atoms with Gasteiger partial charge >= 0.3 is 5.97 Å². The molecule has 62 valence electrons. The Hall–Kier alpha value is -1.12. The van der Waals surface area contributed by atoms with Crippen molar-refractivity contribution >= 4 is 11.8 Å². The Morgan fingerprint density at radius 1 is 1.36 bits per heavy atom. The molecule has 0 rings (SSSR count). The number of hydrogen-bond acceptors (Lipinski definition) is 3. The lowest BCUT2D eigenvalue weighted by Gasteiger charge is -1.99. The lowest BCUT2D eigenvalue weighted by Crippen LogP contribution is -2.06. The van der Waals surface area contributed by atoms with Gasteiger partial charge in [0.25, 0.3) is 0 Å². The van der Waals surface area contributed by atoms with E-state index in [9.17, 15) is 9.59 Å². The van der Waals surface area contributed by atoms with Gasteiger partial charge in [-0.25, -0.2) is 4.79 Å². The predicted octanol–water partition coefficient (Wildman–Crippen LogP) is 1.08. The van der Waals surface area contributed by atoms with Gasteiger partial charge in [-0.3, -0.25) is 4.79 Å². The van der Waals surface area contributed by atoms with Crippen molar-refractivity contribution in [3.8, 4) is 0 Å². The number of allylic oxidation sites excluding steroid dienone is 1. The molecule has 0 unspecified atom stereocenters. The van der Waals surface area contributed by atoms with Crippen LogP contribution in [0.15, 0.2) is 11.6 Å². The summed E-state index contributed by atoms with van der Waals surface area (Å²) in [4.78, 5) is 21.3. The predicted molar refractivity (Wildman–Crippen MR) is 41.1 cm³/mol. The molecule has 0 aromatic heterocycles. The summed E-state index contributed by atoms with van der Waals surface area (Å²) >= 11 is 0. The standard InChI is InChI=1S/C8H12O3/c1-4-11-8(10)6(2)5-7(3)9/h5H,4H2,1-3H3. The minimum atomic E-state index is -0.428. The molecule has 0 atom stereocenters. The van der Waals surface area contributed by atoms with Crippen LogP contribution in [-0.2, 0) is 14.3 Å². The molecule has 0 amide bonds. The van der Waals surface area contributed by atoms with Crippen LogP contribution in [0.5, 0.6) is 0 Å². The number of ketones is 1. The van der Waals surface area contributed by atoms with Gasteiger partial charge in [0.15, 0.2) is 5.78 Å². The van der Waals surface area contributed by atoms with Gasteiger partial charge in [-0.1, -0.05) is 0 Å². The fourth-order valence-corrected chi connectivity index (χ4v) is 0.609. The highest BCUT2D eigenvalue weighted by molar-refractivity contribution is 5.97. The first-order valence-corrected chi connectivity index (χ1v) is 3.44. The molecular weight excluding hydrogens is 144 g/mol. The fourth-order valence-electron chi connectivity index (χ4n) is 0.609. The zero-order valence-electron chi connectivity index (χ0n) is 7.01. The number of esters is 1. The molecule has 0 aliphatic rings. The van der Waals surface area contributed by atoms with E-state index in [1.54, 1.807) is 13.8 Å².